The third-order valence-electron chi connectivity index (χ3n) is 5.81. The third kappa shape index (κ3) is 5.50. The molecular formula is C24H27FN4O6S. The minimum atomic E-state index is -4.42. The summed E-state index contributed by atoms with van der Waals surface area (Å²) >= 11 is 0. The van der Waals surface area contributed by atoms with E-state index in [9.17, 15) is 13.2 Å². The van der Waals surface area contributed by atoms with Gasteiger partial charge in [-0.25, -0.2) is 12.8 Å². The van der Waals surface area contributed by atoms with Gasteiger partial charge in [-0.2, -0.15) is 9.40 Å². The van der Waals surface area contributed by atoms with Crippen LogP contribution in [-0.2, 0) is 27.8 Å². The van der Waals surface area contributed by atoms with Gasteiger partial charge in [-0.05, 0) is 35.4 Å². The molecule has 3 aromatic rings. The lowest BCUT2D eigenvalue weighted by Gasteiger charge is -2.26. The molecule has 0 saturated carbocycles. The van der Waals surface area contributed by atoms with Crippen LogP contribution in [0, 0.1) is 5.82 Å². The zero-order valence-electron chi connectivity index (χ0n) is 19.9. The number of H-pyrrole nitrogens is 1. The minimum absolute atomic E-state index is 0.0520. The normalized spacial score (nSPS) is 14.2. The monoisotopic (exact) mass is 518 g/mol. The van der Waals surface area contributed by atoms with Crippen LogP contribution in [-0.4, -0.2) is 74.3 Å². The number of carbonyl (C=O) groups is 1. The molecule has 2 heterocycles. The van der Waals surface area contributed by atoms with E-state index in [1.807, 2.05) is 0 Å². The second kappa shape index (κ2) is 11.1. The molecule has 1 saturated heterocycles. The van der Waals surface area contributed by atoms with Crippen molar-refractivity contribution in [3.63, 3.8) is 0 Å². The smallest absolute Gasteiger partial charge is 0.277 e. The molecule has 0 unspecified atom stereocenters. The maximum absolute atomic E-state index is 15.4. The second-order valence-corrected chi connectivity index (χ2v) is 9.96. The first kappa shape index (κ1) is 25.6. The first-order valence-corrected chi connectivity index (χ1v) is 12.6. The maximum atomic E-state index is 15.4. The van der Waals surface area contributed by atoms with Gasteiger partial charge in [0, 0.05) is 26.2 Å². The van der Waals surface area contributed by atoms with Gasteiger partial charge in [0.1, 0.15) is 11.5 Å². The van der Waals surface area contributed by atoms with Gasteiger partial charge in [0.15, 0.2) is 11.5 Å². The summed E-state index contributed by atoms with van der Waals surface area (Å²) in [5.74, 6) is -0.658. The first-order valence-electron chi connectivity index (χ1n) is 11.2. The molecule has 4 rings (SSSR count). The molecule has 1 N–H and O–H groups in total. The number of halogens is 1. The number of morpholine rings is 1. The average molecular weight is 519 g/mol. The molecule has 0 radical (unpaired) electrons. The number of aromatic amines is 1. The lowest BCUT2D eigenvalue weighted by atomic mass is 10.2. The largest absolute Gasteiger partial charge is 0.497 e. The van der Waals surface area contributed by atoms with Crippen molar-refractivity contribution >= 4 is 15.9 Å². The van der Waals surface area contributed by atoms with Gasteiger partial charge < -0.3 is 19.1 Å². The summed E-state index contributed by atoms with van der Waals surface area (Å²) in [6, 6.07) is 13.8. The Hall–Kier alpha value is -3.48. The summed E-state index contributed by atoms with van der Waals surface area (Å²) in [7, 11) is -1.35. The lowest BCUT2D eigenvalue weighted by molar-refractivity contribution is 0.0296. The highest BCUT2D eigenvalue weighted by Crippen LogP contribution is 2.25. The number of hydrogen-bond acceptors (Lipinski definition) is 7. The highest BCUT2D eigenvalue weighted by atomic mass is 32.2. The fourth-order valence-electron chi connectivity index (χ4n) is 3.77. The number of rotatable bonds is 9. The summed E-state index contributed by atoms with van der Waals surface area (Å²) in [4.78, 5) is 14.1. The van der Waals surface area contributed by atoms with E-state index in [-0.39, 0.29) is 26.2 Å². The Kier molecular flexibility index (Phi) is 7.87. The van der Waals surface area contributed by atoms with Crippen LogP contribution in [0.25, 0.3) is 0 Å². The first-order chi connectivity index (χ1) is 17.3. The number of methoxy groups -OCH3 is 2. The minimum Gasteiger partial charge on any atom is -0.497 e. The van der Waals surface area contributed by atoms with Gasteiger partial charge in [0.2, 0.25) is 5.03 Å². The molecule has 10 nitrogen and oxygen atoms in total. The van der Waals surface area contributed by atoms with Crippen molar-refractivity contribution in [3.05, 3.63) is 71.2 Å². The molecule has 0 aliphatic carbocycles. The third-order valence-corrected chi connectivity index (χ3v) is 7.54. The van der Waals surface area contributed by atoms with Crippen LogP contribution in [0.3, 0.4) is 0 Å². The van der Waals surface area contributed by atoms with Crippen LogP contribution in [0.15, 0.2) is 53.6 Å². The standard InChI is InChI=1S/C24H27FN4O6S/c1-33-19-7-3-17(4-8-19)15-29(16-18-5-9-20(34-2)10-6-18)36(31,32)23-21(25)22(26-27-23)24(30)28-11-13-35-14-12-28/h3-10H,11-16H2,1-2H3,(H,26,27). The van der Waals surface area contributed by atoms with E-state index in [2.05, 4.69) is 10.2 Å². The van der Waals surface area contributed by atoms with Crippen LogP contribution < -0.4 is 9.47 Å². The van der Waals surface area contributed by atoms with Gasteiger partial charge in [0.25, 0.3) is 15.9 Å². The van der Waals surface area contributed by atoms with Crippen LogP contribution in [0.1, 0.15) is 21.6 Å². The highest BCUT2D eigenvalue weighted by Gasteiger charge is 2.35. The van der Waals surface area contributed by atoms with Crippen molar-refractivity contribution in [1.82, 2.24) is 19.4 Å². The van der Waals surface area contributed by atoms with E-state index in [4.69, 9.17) is 14.2 Å². The summed E-state index contributed by atoms with van der Waals surface area (Å²) in [5, 5.41) is 5.21. The van der Waals surface area contributed by atoms with Gasteiger partial charge in [-0.15, -0.1) is 0 Å². The SMILES string of the molecule is COc1ccc(CN(Cc2ccc(OC)cc2)S(=O)(=O)c2[nH]nc(C(=O)N3CCOCC3)c2F)cc1. The number of sulfonamides is 1. The summed E-state index contributed by atoms with van der Waals surface area (Å²) in [6.45, 7) is 1.08. The molecule has 1 aliphatic heterocycles. The number of aromatic nitrogens is 2. The van der Waals surface area contributed by atoms with Gasteiger partial charge in [-0.3, -0.25) is 9.89 Å². The number of amides is 1. The molecule has 12 heteroatoms. The molecule has 0 atom stereocenters. The highest BCUT2D eigenvalue weighted by molar-refractivity contribution is 7.89. The Morgan fingerprint density at radius 3 is 1.97 bits per heavy atom. The van der Waals surface area contributed by atoms with Crippen molar-refractivity contribution in [1.29, 1.82) is 0 Å². The second-order valence-electron chi connectivity index (χ2n) is 8.09. The zero-order chi connectivity index (χ0) is 25.7. The fraction of sp³-hybridized carbons (Fsp3) is 0.333. The van der Waals surface area contributed by atoms with Crippen LogP contribution >= 0.6 is 0 Å². The van der Waals surface area contributed by atoms with E-state index >= 15 is 4.39 Å². The number of benzene rings is 2. The number of carbonyl (C=O) groups excluding carboxylic acids is 1. The molecule has 0 bridgehead atoms. The molecular weight excluding hydrogens is 491 g/mol. The Labute approximate surface area is 208 Å². The number of ether oxygens (including phenoxy) is 3. The van der Waals surface area contributed by atoms with Gasteiger partial charge in [-0.1, -0.05) is 24.3 Å². The molecule has 1 aliphatic rings. The summed E-state index contributed by atoms with van der Waals surface area (Å²) in [5.41, 5.74) is 0.763. The fourth-order valence-corrected chi connectivity index (χ4v) is 5.15. The molecule has 0 spiro atoms. The van der Waals surface area contributed by atoms with Crippen LogP contribution in [0.2, 0.25) is 0 Å². The molecule has 192 valence electrons. The predicted octanol–water partition coefficient (Wildman–Crippen LogP) is 2.43. The van der Waals surface area contributed by atoms with E-state index in [0.717, 1.165) is 4.31 Å². The van der Waals surface area contributed by atoms with E-state index in [1.54, 1.807) is 48.5 Å². The quantitative estimate of drug-likeness (QED) is 0.463. The molecule has 1 amide bonds. The molecule has 2 aromatic carbocycles. The number of nitrogens with zero attached hydrogens (tertiary/aromatic N) is 3. The van der Waals surface area contributed by atoms with E-state index in [1.165, 1.54) is 19.1 Å². The topological polar surface area (TPSA) is 114 Å². The van der Waals surface area contributed by atoms with Gasteiger partial charge >= 0.3 is 0 Å². The van der Waals surface area contributed by atoms with Crippen molar-refractivity contribution in [2.24, 2.45) is 0 Å². The van der Waals surface area contributed by atoms with Crippen molar-refractivity contribution < 1.29 is 31.8 Å². The number of hydrogen-bond donors (Lipinski definition) is 1. The van der Waals surface area contributed by atoms with Gasteiger partial charge in [0.05, 0.1) is 27.4 Å². The Bertz CT molecular complexity index is 1240. The maximum Gasteiger partial charge on any atom is 0.277 e. The predicted molar refractivity (Wildman–Crippen MR) is 128 cm³/mol. The van der Waals surface area contributed by atoms with Crippen molar-refractivity contribution in [2.75, 3.05) is 40.5 Å². The van der Waals surface area contributed by atoms with Crippen molar-refractivity contribution in [3.8, 4) is 11.5 Å². The number of nitrogens with one attached hydrogen (secondary N) is 1. The summed E-state index contributed by atoms with van der Waals surface area (Å²) < 4.78 is 59.3. The Morgan fingerprint density at radius 2 is 1.50 bits per heavy atom. The van der Waals surface area contributed by atoms with Crippen molar-refractivity contribution in [2.45, 2.75) is 18.1 Å². The molecule has 36 heavy (non-hydrogen) atoms. The van der Waals surface area contributed by atoms with Crippen LogP contribution in [0.4, 0.5) is 4.39 Å². The zero-order valence-corrected chi connectivity index (χ0v) is 20.8. The molecule has 1 aromatic heterocycles. The van der Waals surface area contributed by atoms with E-state index in [0.29, 0.717) is 35.8 Å². The Morgan fingerprint density at radius 1 is 1.00 bits per heavy atom. The van der Waals surface area contributed by atoms with E-state index < -0.39 is 32.5 Å². The average Bonchev–Trinajstić information content (AvgIpc) is 3.31. The molecule has 1 fully saturated rings. The lowest BCUT2D eigenvalue weighted by Crippen LogP contribution is -2.41. The Balaban J connectivity index is 1.65. The summed E-state index contributed by atoms with van der Waals surface area (Å²) in [6.07, 6.45) is 0. The van der Waals surface area contributed by atoms with Crippen LogP contribution in [0.5, 0.6) is 11.5 Å².